The molecule has 0 bridgehead atoms. The molecule has 0 radical (unpaired) electrons. The number of hydrogen-bond acceptors (Lipinski definition) is 3. The van der Waals surface area contributed by atoms with Crippen molar-refractivity contribution in [3.8, 4) is 0 Å². The third-order valence-corrected chi connectivity index (χ3v) is 3.94. The van der Waals surface area contributed by atoms with Gasteiger partial charge in [0.25, 0.3) is 0 Å². The van der Waals surface area contributed by atoms with Crippen molar-refractivity contribution >= 4 is 17.2 Å². The maximum Gasteiger partial charge on any atom is 0.222 e. The van der Waals surface area contributed by atoms with Crippen molar-refractivity contribution < 1.29 is 4.79 Å². The molecule has 1 fully saturated rings. The quantitative estimate of drug-likeness (QED) is 0.873. The number of rotatable bonds is 5. The number of thiophene rings is 1. The molecule has 2 atom stereocenters. The summed E-state index contributed by atoms with van der Waals surface area (Å²) in [6.45, 7) is 6.07. The van der Waals surface area contributed by atoms with Gasteiger partial charge in [0.05, 0.1) is 0 Å². The summed E-state index contributed by atoms with van der Waals surface area (Å²) >= 11 is 1.72. The first-order valence-corrected chi connectivity index (χ1v) is 7.17. The Bertz CT molecular complexity index is 364. The van der Waals surface area contributed by atoms with Crippen molar-refractivity contribution in [2.75, 3.05) is 13.1 Å². The zero-order valence-corrected chi connectivity index (χ0v) is 11.3. The molecule has 4 heteroatoms. The Balaban J connectivity index is 1.80. The van der Waals surface area contributed by atoms with E-state index in [9.17, 15) is 4.79 Å². The lowest BCUT2D eigenvalue weighted by atomic mass is 10.1. The van der Waals surface area contributed by atoms with Gasteiger partial charge < -0.3 is 10.2 Å². The van der Waals surface area contributed by atoms with Crippen LogP contribution in [-0.4, -0.2) is 29.9 Å². The van der Waals surface area contributed by atoms with Gasteiger partial charge in [0.2, 0.25) is 5.91 Å². The highest BCUT2D eigenvalue weighted by Gasteiger charge is 2.22. The van der Waals surface area contributed by atoms with Crippen LogP contribution in [0.25, 0.3) is 0 Å². The predicted molar refractivity (Wildman–Crippen MR) is 71.1 cm³/mol. The topological polar surface area (TPSA) is 32.3 Å². The molecule has 17 heavy (non-hydrogen) atoms. The number of carbonyl (C=O) groups is 1. The summed E-state index contributed by atoms with van der Waals surface area (Å²) in [4.78, 5) is 13.5. The monoisotopic (exact) mass is 252 g/mol. The van der Waals surface area contributed by atoms with Crippen molar-refractivity contribution in [1.82, 2.24) is 10.2 Å². The summed E-state index contributed by atoms with van der Waals surface area (Å²) in [5.74, 6) is 0.307. The van der Waals surface area contributed by atoms with E-state index in [2.05, 4.69) is 36.0 Å². The highest BCUT2D eigenvalue weighted by molar-refractivity contribution is 7.07. The van der Waals surface area contributed by atoms with Gasteiger partial charge >= 0.3 is 0 Å². The molecule has 1 aromatic rings. The summed E-state index contributed by atoms with van der Waals surface area (Å²) in [5.41, 5.74) is 1.33. The second-order valence-electron chi connectivity index (χ2n) is 4.79. The predicted octanol–water partition coefficient (Wildman–Crippen LogP) is 2.41. The van der Waals surface area contributed by atoms with E-state index < -0.39 is 0 Å². The Hall–Kier alpha value is -0.870. The number of nitrogens with one attached hydrogen (secondary N) is 1. The normalized spacial score (nSPS) is 19.6. The fourth-order valence-electron chi connectivity index (χ4n) is 2.32. The summed E-state index contributed by atoms with van der Waals surface area (Å²) in [6.07, 6.45) is 1.75. The minimum Gasteiger partial charge on any atom is -0.341 e. The van der Waals surface area contributed by atoms with Crippen LogP contribution in [0, 0.1) is 0 Å². The molecule has 1 saturated heterocycles. The fourth-order valence-corrected chi connectivity index (χ4v) is 3.08. The van der Waals surface area contributed by atoms with Gasteiger partial charge in [-0.05, 0) is 42.7 Å². The van der Waals surface area contributed by atoms with Gasteiger partial charge in [-0.25, -0.2) is 0 Å². The molecule has 1 aromatic heterocycles. The van der Waals surface area contributed by atoms with Gasteiger partial charge in [-0.1, -0.05) is 0 Å². The van der Waals surface area contributed by atoms with E-state index in [1.54, 1.807) is 11.3 Å². The average Bonchev–Trinajstić information content (AvgIpc) is 2.90. The van der Waals surface area contributed by atoms with Crippen LogP contribution in [0.4, 0.5) is 0 Å². The summed E-state index contributed by atoms with van der Waals surface area (Å²) in [6, 6.07) is 2.84. The maximum absolute atomic E-state index is 11.5. The molecular formula is C13H20N2OS. The molecule has 0 spiro atoms. The summed E-state index contributed by atoms with van der Waals surface area (Å²) in [5, 5.41) is 7.81. The minimum atomic E-state index is 0.307. The fraction of sp³-hybridized carbons (Fsp3) is 0.615. The van der Waals surface area contributed by atoms with Gasteiger partial charge in [-0.2, -0.15) is 11.3 Å². The molecule has 94 valence electrons. The number of carbonyl (C=O) groups excluding carboxylic acids is 1. The lowest BCUT2D eigenvalue weighted by molar-refractivity contribution is -0.127. The zero-order chi connectivity index (χ0) is 12.3. The van der Waals surface area contributed by atoms with Gasteiger partial charge in [0.15, 0.2) is 0 Å². The Kier molecular flexibility index (Phi) is 4.18. The molecule has 2 rings (SSSR count). The minimum absolute atomic E-state index is 0.307. The first-order chi connectivity index (χ1) is 8.16. The Labute approximate surface area is 107 Å². The highest BCUT2D eigenvalue weighted by Crippen LogP contribution is 2.17. The van der Waals surface area contributed by atoms with Crippen molar-refractivity contribution in [3.63, 3.8) is 0 Å². The average molecular weight is 252 g/mol. The van der Waals surface area contributed by atoms with E-state index in [0.717, 1.165) is 25.9 Å². The van der Waals surface area contributed by atoms with Crippen LogP contribution in [0.1, 0.15) is 38.3 Å². The van der Waals surface area contributed by atoms with Crippen molar-refractivity contribution in [3.05, 3.63) is 22.4 Å². The molecule has 1 N–H and O–H groups in total. The molecule has 1 amide bonds. The van der Waals surface area contributed by atoms with Crippen molar-refractivity contribution in [2.24, 2.45) is 0 Å². The van der Waals surface area contributed by atoms with E-state index in [1.807, 2.05) is 4.90 Å². The second kappa shape index (κ2) is 5.65. The molecule has 1 aliphatic heterocycles. The highest BCUT2D eigenvalue weighted by atomic mass is 32.1. The lowest BCUT2D eigenvalue weighted by Gasteiger charge is -2.24. The second-order valence-corrected chi connectivity index (χ2v) is 5.57. The number of likely N-dealkylation sites (tertiary alicyclic amines) is 1. The van der Waals surface area contributed by atoms with Crippen molar-refractivity contribution in [1.29, 1.82) is 0 Å². The van der Waals surface area contributed by atoms with E-state index in [4.69, 9.17) is 0 Å². The standard InChI is InChI=1S/C13H20N2OS/c1-10(8-15-6-3-4-13(15)16)14-11(2)12-5-7-17-9-12/h5,7,9-11,14H,3-4,6,8H2,1-2H3. The Morgan fingerprint density at radius 2 is 2.35 bits per heavy atom. The Morgan fingerprint density at radius 1 is 1.53 bits per heavy atom. The molecule has 2 unspecified atom stereocenters. The van der Waals surface area contributed by atoms with E-state index >= 15 is 0 Å². The molecule has 1 aliphatic rings. The molecule has 0 aromatic carbocycles. The number of hydrogen-bond donors (Lipinski definition) is 1. The first-order valence-electron chi connectivity index (χ1n) is 6.22. The molecule has 3 nitrogen and oxygen atoms in total. The van der Waals surface area contributed by atoms with Gasteiger partial charge in [-0.3, -0.25) is 4.79 Å². The first kappa shape index (κ1) is 12.6. The van der Waals surface area contributed by atoms with Gasteiger partial charge in [0.1, 0.15) is 0 Å². The van der Waals surface area contributed by atoms with Crippen molar-refractivity contribution in [2.45, 2.75) is 38.8 Å². The van der Waals surface area contributed by atoms with Crippen LogP contribution in [0.3, 0.4) is 0 Å². The van der Waals surface area contributed by atoms with E-state index in [-0.39, 0.29) is 0 Å². The SMILES string of the molecule is CC(CN1CCCC1=O)NC(C)c1ccsc1. The summed E-state index contributed by atoms with van der Waals surface area (Å²) in [7, 11) is 0. The molecular weight excluding hydrogens is 232 g/mol. The maximum atomic E-state index is 11.5. The van der Waals surface area contributed by atoms with Crippen LogP contribution in [0.15, 0.2) is 16.8 Å². The largest absolute Gasteiger partial charge is 0.341 e. The smallest absolute Gasteiger partial charge is 0.222 e. The number of nitrogens with zero attached hydrogens (tertiary/aromatic N) is 1. The van der Waals surface area contributed by atoms with Crippen LogP contribution in [0.5, 0.6) is 0 Å². The third-order valence-electron chi connectivity index (χ3n) is 3.24. The zero-order valence-electron chi connectivity index (χ0n) is 10.5. The van der Waals surface area contributed by atoms with Crippen LogP contribution in [0.2, 0.25) is 0 Å². The van der Waals surface area contributed by atoms with E-state index in [1.165, 1.54) is 5.56 Å². The van der Waals surface area contributed by atoms with Crippen LogP contribution in [-0.2, 0) is 4.79 Å². The molecule has 2 heterocycles. The Morgan fingerprint density at radius 3 is 2.94 bits per heavy atom. The lowest BCUT2D eigenvalue weighted by Crippen LogP contribution is -2.40. The van der Waals surface area contributed by atoms with Gasteiger partial charge in [-0.15, -0.1) is 0 Å². The summed E-state index contributed by atoms with van der Waals surface area (Å²) < 4.78 is 0. The number of amides is 1. The molecule has 0 aliphatic carbocycles. The molecule has 0 saturated carbocycles. The third kappa shape index (κ3) is 3.30. The van der Waals surface area contributed by atoms with Gasteiger partial charge in [0, 0.05) is 31.6 Å². The van der Waals surface area contributed by atoms with Crippen LogP contribution < -0.4 is 5.32 Å². The van der Waals surface area contributed by atoms with Crippen LogP contribution >= 0.6 is 11.3 Å². The van der Waals surface area contributed by atoms with E-state index in [0.29, 0.717) is 18.0 Å².